The van der Waals surface area contributed by atoms with E-state index in [0.29, 0.717) is 19.0 Å². The summed E-state index contributed by atoms with van der Waals surface area (Å²) in [4.78, 5) is 14.4. The molecule has 1 atom stereocenters. The number of carbonyl (C=O) groups is 1. The van der Waals surface area contributed by atoms with Gasteiger partial charge in [0, 0.05) is 26.1 Å². The van der Waals surface area contributed by atoms with Crippen LogP contribution in [0.1, 0.15) is 51.9 Å². The van der Waals surface area contributed by atoms with Crippen LogP contribution in [0.5, 0.6) is 0 Å². The molecule has 1 aliphatic carbocycles. The Balaban J connectivity index is 2.44. The van der Waals surface area contributed by atoms with Gasteiger partial charge in [0.1, 0.15) is 0 Å². The molecule has 2 N–H and O–H groups in total. The zero-order valence-electron chi connectivity index (χ0n) is 11.9. The fourth-order valence-corrected chi connectivity index (χ4v) is 2.58. The Bertz CT molecular complexity index is 240. The topological polar surface area (TPSA) is 55.6 Å². The van der Waals surface area contributed by atoms with Gasteiger partial charge in [0.05, 0.1) is 6.10 Å². The lowest BCUT2D eigenvalue weighted by Crippen LogP contribution is -2.40. The normalized spacial score (nSPS) is 17.9. The molecule has 1 fully saturated rings. The highest BCUT2D eigenvalue weighted by atomic mass is 16.5. The molecule has 4 nitrogen and oxygen atoms in total. The Kier molecular flexibility index (Phi) is 7.28. The van der Waals surface area contributed by atoms with Crippen LogP contribution in [0.3, 0.4) is 0 Å². The van der Waals surface area contributed by atoms with E-state index in [1.807, 2.05) is 6.92 Å². The monoisotopic (exact) mass is 256 g/mol. The molecule has 0 aromatic carbocycles. The van der Waals surface area contributed by atoms with Crippen molar-refractivity contribution >= 4 is 5.91 Å². The van der Waals surface area contributed by atoms with Crippen LogP contribution in [-0.4, -0.2) is 43.2 Å². The van der Waals surface area contributed by atoms with Crippen molar-refractivity contribution in [1.82, 2.24) is 4.90 Å². The minimum Gasteiger partial charge on any atom is -0.382 e. The molecule has 1 amide bonds. The van der Waals surface area contributed by atoms with Crippen molar-refractivity contribution in [3.05, 3.63) is 0 Å². The molecular formula is C14H28N2O2. The Morgan fingerprint density at radius 2 is 2.11 bits per heavy atom. The molecule has 18 heavy (non-hydrogen) atoms. The minimum absolute atomic E-state index is 0.161. The number of carbonyl (C=O) groups excluding carboxylic acids is 1. The van der Waals surface area contributed by atoms with E-state index in [-0.39, 0.29) is 12.0 Å². The first-order valence-corrected chi connectivity index (χ1v) is 7.21. The van der Waals surface area contributed by atoms with Gasteiger partial charge in [0.15, 0.2) is 0 Å². The first-order valence-electron chi connectivity index (χ1n) is 7.21. The number of hydrogen-bond donors (Lipinski definition) is 1. The number of methoxy groups -OCH3 is 1. The number of ether oxygens (including phenoxy) is 1. The van der Waals surface area contributed by atoms with Crippen molar-refractivity contribution in [3.8, 4) is 0 Å². The third-order valence-corrected chi connectivity index (χ3v) is 3.86. The van der Waals surface area contributed by atoms with Crippen LogP contribution in [0, 0.1) is 0 Å². The summed E-state index contributed by atoms with van der Waals surface area (Å²) in [7, 11) is 1.69. The van der Waals surface area contributed by atoms with E-state index < -0.39 is 0 Å². The molecule has 0 heterocycles. The lowest BCUT2D eigenvalue weighted by atomic mass is 10.1. The second-order valence-corrected chi connectivity index (χ2v) is 5.25. The highest BCUT2D eigenvalue weighted by Crippen LogP contribution is 2.24. The van der Waals surface area contributed by atoms with Gasteiger partial charge in [-0.05, 0) is 39.2 Å². The van der Waals surface area contributed by atoms with Crippen LogP contribution in [0.4, 0.5) is 0 Å². The number of rotatable bonds is 8. The average Bonchev–Trinajstić information content (AvgIpc) is 2.90. The third kappa shape index (κ3) is 4.94. The van der Waals surface area contributed by atoms with Gasteiger partial charge in [-0.3, -0.25) is 4.79 Å². The Morgan fingerprint density at radius 3 is 2.67 bits per heavy atom. The van der Waals surface area contributed by atoms with E-state index in [0.717, 1.165) is 32.2 Å². The summed E-state index contributed by atoms with van der Waals surface area (Å²) in [5, 5.41) is 0. The Morgan fingerprint density at radius 1 is 1.44 bits per heavy atom. The molecule has 0 spiro atoms. The zero-order valence-corrected chi connectivity index (χ0v) is 11.9. The minimum atomic E-state index is 0.161. The van der Waals surface area contributed by atoms with Crippen molar-refractivity contribution < 1.29 is 9.53 Å². The van der Waals surface area contributed by atoms with Gasteiger partial charge in [-0.25, -0.2) is 0 Å². The molecule has 1 unspecified atom stereocenters. The van der Waals surface area contributed by atoms with Crippen molar-refractivity contribution in [2.24, 2.45) is 5.73 Å². The maximum Gasteiger partial charge on any atom is 0.222 e. The average molecular weight is 256 g/mol. The van der Waals surface area contributed by atoms with Gasteiger partial charge in [-0.15, -0.1) is 0 Å². The zero-order chi connectivity index (χ0) is 13.4. The van der Waals surface area contributed by atoms with E-state index in [1.54, 1.807) is 7.11 Å². The van der Waals surface area contributed by atoms with Crippen LogP contribution in [-0.2, 0) is 9.53 Å². The molecule has 4 heteroatoms. The molecule has 1 saturated carbocycles. The van der Waals surface area contributed by atoms with Crippen LogP contribution in [0.2, 0.25) is 0 Å². The van der Waals surface area contributed by atoms with Crippen molar-refractivity contribution in [2.45, 2.75) is 64.0 Å². The van der Waals surface area contributed by atoms with Gasteiger partial charge in [-0.2, -0.15) is 0 Å². The lowest BCUT2D eigenvalue weighted by Gasteiger charge is -2.29. The summed E-state index contributed by atoms with van der Waals surface area (Å²) in [6.45, 7) is 3.49. The molecule has 106 valence electrons. The summed E-state index contributed by atoms with van der Waals surface area (Å²) < 4.78 is 5.20. The fraction of sp³-hybridized carbons (Fsp3) is 0.929. The van der Waals surface area contributed by atoms with Crippen LogP contribution in [0.15, 0.2) is 0 Å². The first kappa shape index (κ1) is 15.4. The summed E-state index contributed by atoms with van der Waals surface area (Å²) in [5.74, 6) is 0.277. The molecule has 0 radical (unpaired) electrons. The van der Waals surface area contributed by atoms with Gasteiger partial charge in [0.2, 0.25) is 5.91 Å². The molecular weight excluding hydrogens is 228 g/mol. The summed E-state index contributed by atoms with van der Waals surface area (Å²) >= 11 is 0. The standard InChI is InChI=1S/C14H28N2O2/c1-12(18-2)8-9-14(17)16(11-5-10-15)13-6-3-4-7-13/h12-13H,3-11,15H2,1-2H3. The highest BCUT2D eigenvalue weighted by Gasteiger charge is 2.25. The van der Waals surface area contributed by atoms with Gasteiger partial charge in [0.25, 0.3) is 0 Å². The molecule has 1 rings (SSSR count). The first-order chi connectivity index (χ1) is 8.69. The van der Waals surface area contributed by atoms with Gasteiger partial charge < -0.3 is 15.4 Å². The quantitative estimate of drug-likeness (QED) is 0.722. The van der Waals surface area contributed by atoms with E-state index in [9.17, 15) is 4.79 Å². The Hall–Kier alpha value is -0.610. The smallest absolute Gasteiger partial charge is 0.222 e. The maximum absolute atomic E-state index is 12.3. The fourth-order valence-electron chi connectivity index (χ4n) is 2.58. The van der Waals surface area contributed by atoms with Crippen LogP contribution in [0.25, 0.3) is 0 Å². The number of amides is 1. The molecule has 0 aromatic heterocycles. The van der Waals surface area contributed by atoms with E-state index in [1.165, 1.54) is 12.8 Å². The van der Waals surface area contributed by atoms with Crippen LogP contribution < -0.4 is 5.73 Å². The largest absolute Gasteiger partial charge is 0.382 e. The molecule has 0 saturated heterocycles. The number of nitrogens with two attached hydrogens (primary N) is 1. The van der Waals surface area contributed by atoms with E-state index in [2.05, 4.69) is 4.90 Å². The highest BCUT2D eigenvalue weighted by molar-refractivity contribution is 5.76. The third-order valence-electron chi connectivity index (χ3n) is 3.86. The summed E-state index contributed by atoms with van der Waals surface area (Å²) in [5.41, 5.74) is 5.56. The van der Waals surface area contributed by atoms with E-state index >= 15 is 0 Å². The Labute approximate surface area is 111 Å². The predicted octanol–water partition coefficient (Wildman–Crippen LogP) is 1.92. The summed E-state index contributed by atoms with van der Waals surface area (Å²) in [6, 6.07) is 0.460. The van der Waals surface area contributed by atoms with Gasteiger partial charge in [-0.1, -0.05) is 12.8 Å². The van der Waals surface area contributed by atoms with Gasteiger partial charge >= 0.3 is 0 Å². The second kappa shape index (κ2) is 8.48. The lowest BCUT2D eigenvalue weighted by molar-refractivity contribution is -0.134. The van der Waals surface area contributed by atoms with Crippen molar-refractivity contribution in [1.29, 1.82) is 0 Å². The summed E-state index contributed by atoms with van der Waals surface area (Å²) in [6.07, 6.45) is 7.30. The SMILES string of the molecule is COC(C)CCC(=O)N(CCCN)C1CCCC1. The molecule has 0 aromatic rings. The second-order valence-electron chi connectivity index (χ2n) is 5.25. The van der Waals surface area contributed by atoms with Crippen LogP contribution >= 0.6 is 0 Å². The number of hydrogen-bond acceptors (Lipinski definition) is 3. The molecule has 1 aliphatic rings. The van der Waals surface area contributed by atoms with E-state index in [4.69, 9.17) is 10.5 Å². The maximum atomic E-state index is 12.3. The van der Waals surface area contributed by atoms with Crippen molar-refractivity contribution in [2.75, 3.05) is 20.2 Å². The molecule has 0 aliphatic heterocycles. The molecule has 0 bridgehead atoms. The predicted molar refractivity (Wildman–Crippen MR) is 73.3 cm³/mol. The number of nitrogens with zero attached hydrogens (tertiary/aromatic N) is 1. The van der Waals surface area contributed by atoms with Crippen molar-refractivity contribution in [3.63, 3.8) is 0 Å².